The molecule has 0 bridgehead atoms. The highest BCUT2D eigenvalue weighted by Gasteiger charge is 2.37. The van der Waals surface area contributed by atoms with Crippen LogP contribution in [-0.2, 0) is 20.9 Å². The van der Waals surface area contributed by atoms with Crippen LogP contribution >= 0.6 is 0 Å². The molecule has 39 heavy (non-hydrogen) atoms. The lowest BCUT2D eigenvalue weighted by molar-refractivity contribution is -0.114. The molecule has 1 aromatic carbocycles. The molecule has 4 rings (SSSR count). The number of likely N-dealkylation sites (tertiary alicyclic amines) is 1. The van der Waals surface area contributed by atoms with Crippen LogP contribution in [0.25, 0.3) is 0 Å². The number of hydrogen-bond acceptors (Lipinski definition) is 8. The highest BCUT2D eigenvalue weighted by molar-refractivity contribution is 6.44. The first kappa shape index (κ1) is 28.4. The van der Waals surface area contributed by atoms with Crippen molar-refractivity contribution in [1.29, 1.82) is 0 Å². The normalized spacial score (nSPS) is 22.0. The number of allylic oxidation sites excluding steroid dienone is 1. The van der Waals surface area contributed by atoms with Gasteiger partial charge in [-0.2, -0.15) is 0 Å². The van der Waals surface area contributed by atoms with E-state index in [1.54, 1.807) is 23.1 Å². The third-order valence-electron chi connectivity index (χ3n) is 7.15. The van der Waals surface area contributed by atoms with Crippen molar-refractivity contribution < 1.29 is 28.3 Å². The number of benzene rings is 1. The second kappa shape index (κ2) is 11.6. The maximum absolute atomic E-state index is 13.7. The van der Waals surface area contributed by atoms with Crippen LogP contribution in [0, 0.1) is 11.7 Å². The van der Waals surface area contributed by atoms with E-state index in [0.29, 0.717) is 30.8 Å². The summed E-state index contributed by atoms with van der Waals surface area (Å²) in [6, 6.07) is 4.46. The van der Waals surface area contributed by atoms with Crippen LogP contribution in [0.4, 0.5) is 9.18 Å². The van der Waals surface area contributed by atoms with Gasteiger partial charge in [0.2, 0.25) is 0 Å². The minimum Gasteiger partial charge on any atom is -0.494 e. The Kier molecular flexibility index (Phi) is 8.46. The van der Waals surface area contributed by atoms with Crippen molar-refractivity contribution in [3.8, 4) is 5.75 Å². The number of methoxy groups -OCH3 is 1. The Morgan fingerprint density at radius 3 is 2.62 bits per heavy atom. The predicted octanol–water partition coefficient (Wildman–Crippen LogP) is 3.86. The first-order valence-electron chi connectivity index (χ1n) is 13.3. The molecule has 2 amide bonds. The monoisotopic (exact) mass is 543 g/mol. The number of piperidine rings is 1. The molecule has 0 saturated carbocycles. The van der Waals surface area contributed by atoms with Gasteiger partial charge < -0.3 is 29.4 Å². The summed E-state index contributed by atoms with van der Waals surface area (Å²) in [7, 11) is 3.31. The van der Waals surface area contributed by atoms with E-state index in [2.05, 4.69) is 15.5 Å². The number of oxime groups is 1. The van der Waals surface area contributed by atoms with E-state index in [4.69, 9.17) is 14.3 Å². The number of nitrogens with zero attached hydrogens (tertiary/aromatic N) is 4. The van der Waals surface area contributed by atoms with Crippen LogP contribution < -0.4 is 10.1 Å². The third-order valence-corrected chi connectivity index (χ3v) is 7.15. The Balaban J connectivity index is 1.34. The Bertz CT molecular complexity index is 1180. The zero-order valence-corrected chi connectivity index (χ0v) is 23.5. The van der Waals surface area contributed by atoms with E-state index in [-0.39, 0.29) is 42.5 Å². The van der Waals surface area contributed by atoms with E-state index >= 15 is 0 Å². The van der Waals surface area contributed by atoms with Crippen LogP contribution in [0.15, 0.2) is 40.1 Å². The van der Waals surface area contributed by atoms with E-state index in [9.17, 15) is 14.0 Å². The SMILES string of the molecule is COc1cc(CNC(=O)C2=NC(C)N(C)C(C3=NOC(C4CCN(C(=O)OC(C)(C)C)CC4)C3)=C2)ccc1F. The molecule has 1 N–H and O–H groups in total. The smallest absolute Gasteiger partial charge is 0.410 e. The highest BCUT2D eigenvalue weighted by atomic mass is 19.1. The second-order valence-corrected chi connectivity index (χ2v) is 11.1. The van der Waals surface area contributed by atoms with Gasteiger partial charge in [-0.3, -0.25) is 9.79 Å². The van der Waals surface area contributed by atoms with Crippen molar-refractivity contribution >= 4 is 23.4 Å². The fourth-order valence-corrected chi connectivity index (χ4v) is 4.84. The summed E-state index contributed by atoms with van der Waals surface area (Å²) in [5.74, 6) is -0.402. The molecule has 0 aliphatic carbocycles. The van der Waals surface area contributed by atoms with E-state index in [1.165, 1.54) is 13.2 Å². The van der Waals surface area contributed by atoms with Crippen molar-refractivity contribution in [2.75, 3.05) is 27.2 Å². The average molecular weight is 544 g/mol. The molecule has 1 fully saturated rings. The van der Waals surface area contributed by atoms with E-state index < -0.39 is 11.4 Å². The van der Waals surface area contributed by atoms with Crippen molar-refractivity contribution in [3.05, 3.63) is 41.4 Å². The standard InChI is InChI=1S/C28H38FN5O5/c1-17-31-22(26(35)30-16-18-7-8-20(29)25(13-18)37-6)14-23(33(17)5)21-15-24(39-32-21)19-9-11-34(12-10-19)27(36)38-28(2,3)4/h7-8,13-14,17,19,24H,9-12,15-16H2,1-6H3,(H,30,35). The minimum atomic E-state index is -0.518. The number of carbonyl (C=O) groups excluding carboxylic acids is 2. The van der Waals surface area contributed by atoms with Crippen molar-refractivity contribution in [2.24, 2.45) is 16.1 Å². The number of rotatable bonds is 6. The summed E-state index contributed by atoms with van der Waals surface area (Å²) in [6.45, 7) is 8.94. The minimum absolute atomic E-state index is 0.0880. The number of aliphatic imine (C=N–C) groups is 1. The Labute approximate surface area is 228 Å². The molecular formula is C28H38FN5O5. The molecule has 10 nitrogen and oxygen atoms in total. The molecule has 2 unspecified atom stereocenters. The summed E-state index contributed by atoms with van der Waals surface area (Å²) in [4.78, 5) is 39.5. The lowest BCUT2D eigenvalue weighted by Crippen LogP contribution is -2.44. The number of amides is 2. The van der Waals surface area contributed by atoms with Gasteiger partial charge in [-0.25, -0.2) is 9.18 Å². The van der Waals surface area contributed by atoms with Crippen LogP contribution in [0.2, 0.25) is 0 Å². The topological polar surface area (TPSA) is 105 Å². The van der Waals surface area contributed by atoms with Gasteiger partial charge in [0.25, 0.3) is 5.91 Å². The lowest BCUT2D eigenvalue weighted by atomic mass is 9.88. The number of halogens is 1. The van der Waals surface area contributed by atoms with Gasteiger partial charge in [-0.05, 0) is 64.3 Å². The summed E-state index contributed by atoms with van der Waals surface area (Å²) in [6.07, 6.45) is 3.32. The molecule has 3 aliphatic rings. The molecule has 0 radical (unpaired) electrons. The summed E-state index contributed by atoms with van der Waals surface area (Å²) >= 11 is 0. The van der Waals surface area contributed by atoms with Gasteiger partial charge in [-0.15, -0.1) is 0 Å². The zero-order chi connectivity index (χ0) is 28.3. The first-order valence-corrected chi connectivity index (χ1v) is 13.3. The number of hydrogen-bond donors (Lipinski definition) is 1. The van der Waals surface area contributed by atoms with Gasteiger partial charge in [-0.1, -0.05) is 11.2 Å². The fourth-order valence-electron chi connectivity index (χ4n) is 4.84. The van der Waals surface area contributed by atoms with Crippen LogP contribution in [0.5, 0.6) is 5.75 Å². The summed E-state index contributed by atoms with van der Waals surface area (Å²) in [5, 5.41) is 7.23. The van der Waals surface area contributed by atoms with Gasteiger partial charge >= 0.3 is 6.09 Å². The Hall–Kier alpha value is -3.63. The van der Waals surface area contributed by atoms with Crippen LogP contribution in [-0.4, -0.2) is 78.3 Å². The Morgan fingerprint density at radius 2 is 1.95 bits per heavy atom. The number of ether oxygens (including phenoxy) is 2. The van der Waals surface area contributed by atoms with Crippen LogP contribution in [0.1, 0.15) is 52.5 Å². The van der Waals surface area contributed by atoms with Crippen molar-refractivity contribution in [3.63, 3.8) is 0 Å². The van der Waals surface area contributed by atoms with Crippen molar-refractivity contribution in [2.45, 2.75) is 71.4 Å². The zero-order valence-electron chi connectivity index (χ0n) is 23.5. The molecular weight excluding hydrogens is 505 g/mol. The lowest BCUT2D eigenvalue weighted by Gasteiger charge is -2.35. The maximum Gasteiger partial charge on any atom is 0.410 e. The largest absolute Gasteiger partial charge is 0.494 e. The van der Waals surface area contributed by atoms with Gasteiger partial charge in [0.15, 0.2) is 11.6 Å². The Morgan fingerprint density at radius 1 is 1.23 bits per heavy atom. The quantitative estimate of drug-likeness (QED) is 0.584. The molecule has 3 aliphatic heterocycles. The summed E-state index contributed by atoms with van der Waals surface area (Å²) < 4.78 is 24.2. The molecule has 2 atom stereocenters. The van der Waals surface area contributed by atoms with Gasteiger partial charge in [0.1, 0.15) is 29.3 Å². The predicted molar refractivity (Wildman–Crippen MR) is 145 cm³/mol. The molecule has 3 heterocycles. The molecule has 212 valence electrons. The molecule has 1 aromatic rings. The molecule has 1 saturated heterocycles. The molecule has 0 aromatic heterocycles. The second-order valence-electron chi connectivity index (χ2n) is 11.1. The maximum atomic E-state index is 13.7. The van der Waals surface area contributed by atoms with Gasteiger partial charge in [0.05, 0.1) is 12.8 Å². The number of carbonyl (C=O) groups is 2. The van der Waals surface area contributed by atoms with Gasteiger partial charge in [0, 0.05) is 39.0 Å². The third kappa shape index (κ3) is 6.88. The van der Waals surface area contributed by atoms with E-state index in [0.717, 1.165) is 24.3 Å². The first-order chi connectivity index (χ1) is 18.4. The van der Waals surface area contributed by atoms with Crippen molar-refractivity contribution in [1.82, 2.24) is 15.1 Å². The molecule has 11 heteroatoms. The summed E-state index contributed by atoms with van der Waals surface area (Å²) in [5.41, 5.74) is 2.05. The van der Waals surface area contributed by atoms with E-state index in [1.807, 2.05) is 39.6 Å². The number of nitrogens with one attached hydrogen (secondary N) is 1. The average Bonchev–Trinajstić information content (AvgIpc) is 3.38. The molecule has 0 spiro atoms. The fraction of sp³-hybridized carbons (Fsp3) is 0.571. The highest BCUT2D eigenvalue weighted by Crippen LogP contribution is 2.31. The van der Waals surface area contributed by atoms with Crippen LogP contribution in [0.3, 0.4) is 0 Å².